The Morgan fingerprint density at radius 1 is 1.21 bits per heavy atom. The molecular formula is C18H32N4OS. The fourth-order valence-electron chi connectivity index (χ4n) is 3.61. The van der Waals surface area contributed by atoms with Gasteiger partial charge < -0.3 is 4.90 Å². The third-order valence-corrected chi connectivity index (χ3v) is 5.72. The van der Waals surface area contributed by atoms with Gasteiger partial charge in [0.2, 0.25) is 11.1 Å². The summed E-state index contributed by atoms with van der Waals surface area (Å²) in [7, 11) is 0. The molecule has 1 aliphatic rings. The minimum absolute atomic E-state index is 0.155. The van der Waals surface area contributed by atoms with Crippen LogP contribution in [0.25, 0.3) is 0 Å². The van der Waals surface area contributed by atoms with E-state index in [0.717, 1.165) is 18.2 Å². The average molecular weight is 353 g/mol. The van der Waals surface area contributed by atoms with Gasteiger partial charge in [-0.1, -0.05) is 37.4 Å². The lowest BCUT2D eigenvalue weighted by atomic mass is 10.0. The third kappa shape index (κ3) is 5.23. The number of aromatic amines is 1. The zero-order valence-electron chi connectivity index (χ0n) is 15.7. The molecular weight excluding hydrogens is 320 g/mol. The van der Waals surface area contributed by atoms with Crippen LogP contribution in [-0.4, -0.2) is 43.3 Å². The lowest BCUT2D eigenvalue weighted by Crippen LogP contribution is -2.45. The maximum absolute atomic E-state index is 12.7. The highest BCUT2D eigenvalue weighted by Crippen LogP contribution is 2.28. The van der Waals surface area contributed by atoms with Crippen molar-refractivity contribution in [1.82, 2.24) is 20.1 Å². The summed E-state index contributed by atoms with van der Waals surface area (Å²) in [5.74, 6) is 1.97. The normalized spacial score (nSPS) is 17.0. The summed E-state index contributed by atoms with van der Waals surface area (Å²) in [5, 5.41) is 7.84. The van der Waals surface area contributed by atoms with Crippen LogP contribution in [0.5, 0.6) is 0 Å². The summed E-state index contributed by atoms with van der Waals surface area (Å²) in [6.07, 6.45) is 7.64. The summed E-state index contributed by atoms with van der Waals surface area (Å²) in [6, 6.07) is 0.407. The molecule has 1 heterocycles. The van der Waals surface area contributed by atoms with E-state index in [1.165, 1.54) is 43.9 Å². The molecule has 1 aromatic rings. The van der Waals surface area contributed by atoms with Crippen molar-refractivity contribution in [3.63, 3.8) is 0 Å². The maximum atomic E-state index is 12.7. The molecule has 1 N–H and O–H groups in total. The van der Waals surface area contributed by atoms with Crippen molar-refractivity contribution in [2.45, 2.75) is 95.6 Å². The molecule has 2 rings (SSSR count). The second-order valence-corrected chi connectivity index (χ2v) is 8.75. The van der Waals surface area contributed by atoms with Crippen LogP contribution in [0.2, 0.25) is 0 Å². The average Bonchev–Trinajstić information content (AvgIpc) is 3.15. The van der Waals surface area contributed by atoms with Gasteiger partial charge in [-0.25, -0.2) is 4.98 Å². The Bertz CT molecular complexity index is 515. The third-order valence-electron chi connectivity index (χ3n) is 4.77. The topological polar surface area (TPSA) is 61.9 Å². The van der Waals surface area contributed by atoms with Crippen molar-refractivity contribution in [1.29, 1.82) is 0 Å². The molecule has 0 aromatic carbocycles. The Hall–Kier alpha value is -1.04. The number of thioether (sulfide) groups is 1. The molecule has 6 heteroatoms. The predicted molar refractivity (Wildman–Crippen MR) is 99.1 cm³/mol. The highest BCUT2D eigenvalue weighted by Gasteiger charge is 2.26. The van der Waals surface area contributed by atoms with E-state index in [0.29, 0.717) is 5.16 Å². The number of hydrogen-bond acceptors (Lipinski definition) is 4. The number of rotatable bonds is 8. The van der Waals surface area contributed by atoms with Crippen LogP contribution in [0.15, 0.2) is 5.16 Å². The van der Waals surface area contributed by atoms with Gasteiger partial charge >= 0.3 is 0 Å². The molecule has 24 heavy (non-hydrogen) atoms. The quantitative estimate of drug-likeness (QED) is 0.717. The summed E-state index contributed by atoms with van der Waals surface area (Å²) in [4.78, 5) is 19.2. The zero-order chi connectivity index (χ0) is 17.7. The van der Waals surface area contributed by atoms with Gasteiger partial charge in [0.1, 0.15) is 5.82 Å². The first-order valence-electron chi connectivity index (χ1n) is 9.28. The van der Waals surface area contributed by atoms with Crippen LogP contribution < -0.4 is 0 Å². The van der Waals surface area contributed by atoms with E-state index >= 15 is 0 Å². The van der Waals surface area contributed by atoms with Gasteiger partial charge in [0.05, 0.1) is 5.25 Å². The second kappa shape index (κ2) is 8.88. The number of nitrogens with zero attached hydrogens (tertiary/aromatic N) is 3. The Morgan fingerprint density at radius 2 is 1.83 bits per heavy atom. The molecule has 1 saturated carbocycles. The van der Waals surface area contributed by atoms with Gasteiger partial charge in [0, 0.05) is 18.5 Å². The van der Waals surface area contributed by atoms with Gasteiger partial charge in [-0.2, -0.15) is 0 Å². The molecule has 136 valence electrons. The van der Waals surface area contributed by atoms with Gasteiger partial charge in [-0.05, 0) is 47.0 Å². The molecule has 5 nitrogen and oxygen atoms in total. The fraction of sp³-hybridized carbons (Fsp3) is 0.833. The van der Waals surface area contributed by atoms with Crippen molar-refractivity contribution >= 4 is 17.7 Å². The van der Waals surface area contributed by atoms with Crippen LogP contribution in [0, 0.1) is 5.92 Å². The molecule has 0 radical (unpaired) electrons. The lowest BCUT2D eigenvalue weighted by molar-refractivity contribution is -0.133. The molecule has 1 unspecified atom stereocenters. The summed E-state index contributed by atoms with van der Waals surface area (Å²) >= 11 is 1.45. The molecule has 0 bridgehead atoms. The van der Waals surface area contributed by atoms with E-state index in [2.05, 4.69) is 42.9 Å². The lowest BCUT2D eigenvalue weighted by Gasteiger charge is -2.32. The number of aromatic nitrogens is 3. The Labute approximate surface area is 150 Å². The highest BCUT2D eigenvalue weighted by molar-refractivity contribution is 8.00. The number of aryl methyl sites for hydroxylation is 1. The van der Waals surface area contributed by atoms with Gasteiger partial charge in [0.15, 0.2) is 0 Å². The van der Waals surface area contributed by atoms with Crippen LogP contribution in [0.3, 0.4) is 0 Å². The van der Waals surface area contributed by atoms with Crippen LogP contribution in [-0.2, 0) is 11.2 Å². The van der Waals surface area contributed by atoms with E-state index in [-0.39, 0.29) is 23.2 Å². The van der Waals surface area contributed by atoms with Crippen LogP contribution in [0.4, 0.5) is 0 Å². The maximum Gasteiger partial charge on any atom is 0.236 e. The molecule has 0 saturated heterocycles. The van der Waals surface area contributed by atoms with Gasteiger partial charge in [-0.3, -0.25) is 9.89 Å². The monoisotopic (exact) mass is 352 g/mol. The standard InChI is InChI=1S/C18H32N4OS/c1-12(2)22(13(3)4)17(23)14(5)24-18-19-16(20-21-18)11-10-15-8-6-7-9-15/h12-15H,6-11H2,1-5H3,(H,19,20,21). The molecule has 1 aliphatic carbocycles. The zero-order valence-corrected chi connectivity index (χ0v) is 16.5. The van der Waals surface area contributed by atoms with Crippen LogP contribution >= 0.6 is 11.8 Å². The number of nitrogens with one attached hydrogen (secondary N) is 1. The first-order valence-corrected chi connectivity index (χ1v) is 10.2. The Kier molecular flexibility index (Phi) is 7.14. The van der Waals surface area contributed by atoms with Crippen molar-refractivity contribution in [2.75, 3.05) is 0 Å². The van der Waals surface area contributed by atoms with Crippen molar-refractivity contribution in [3.8, 4) is 0 Å². The Morgan fingerprint density at radius 3 is 2.42 bits per heavy atom. The van der Waals surface area contributed by atoms with E-state index in [9.17, 15) is 4.79 Å². The van der Waals surface area contributed by atoms with E-state index < -0.39 is 0 Å². The molecule has 1 amide bonds. The van der Waals surface area contributed by atoms with Crippen molar-refractivity contribution in [2.24, 2.45) is 5.92 Å². The number of hydrogen-bond donors (Lipinski definition) is 1. The largest absolute Gasteiger partial charge is 0.337 e. The summed E-state index contributed by atoms with van der Waals surface area (Å²) < 4.78 is 0. The first-order chi connectivity index (χ1) is 11.4. The second-order valence-electron chi connectivity index (χ2n) is 7.45. The van der Waals surface area contributed by atoms with E-state index in [1.807, 2.05) is 11.8 Å². The summed E-state index contributed by atoms with van der Waals surface area (Å²) in [5.41, 5.74) is 0. The van der Waals surface area contributed by atoms with E-state index in [4.69, 9.17) is 0 Å². The number of carbonyl (C=O) groups excluding carboxylic acids is 1. The van der Waals surface area contributed by atoms with Crippen molar-refractivity contribution in [3.05, 3.63) is 5.82 Å². The van der Waals surface area contributed by atoms with Crippen molar-refractivity contribution < 1.29 is 4.79 Å². The van der Waals surface area contributed by atoms with Gasteiger partial charge in [0.25, 0.3) is 0 Å². The van der Waals surface area contributed by atoms with Crippen LogP contribution in [0.1, 0.15) is 72.5 Å². The number of H-pyrrole nitrogens is 1. The fourth-order valence-corrected chi connectivity index (χ4v) is 4.41. The van der Waals surface area contributed by atoms with E-state index in [1.54, 1.807) is 0 Å². The minimum Gasteiger partial charge on any atom is -0.337 e. The SMILES string of the molecule is CC(Sc1n[nH]c(CCC2CCCC2)n1)C(=O)N(C(C)C)C(C)C. The Balaban J connectivity index is 1.87. The summed E-state index contributed by atoms with van der Waals surface area (Å²) in [6.45, 7) is 10.2. The molecule has 0 spiro atoms. The van der Waals surface area contributed by atoms with Gasteiger partial charge in [-0.15, -0.1) is 5.10 Å². The minimum atomic E-state index is -0.173. The number of carbonyl (C=O) groups is 1. The first kappa shape index (κ1) is 19.3. The molecule has 1 fully saturated rings. The molecule has 1 atom stereocenters. The number of amides is 1. The molecule has 1 aromatic heterocycles. The highest BCUT2D eigenvalue weighted by atomic mass is 32.2. The smallest absolute Gasteiger partial charge is 0.236 e. The molecule has 0 aliphatic heterocycles. The predicted octanol–water partition coefficient (Wildman–Crippen LogP) is 4.05.